The topological polar surface area (TPSA) is 72.0 Å². The molecule has 2 heterocycles. The SMILES string of the molecule is CC(C)Nc1cc(Nc2ccc(OCC3CC3)nc2)nc(-c2ccccc2)n1. The van der Waals surface area contributed by atoms with Gasteiger partial charge in [-0.25, -0.2) is 15.0 Å². The Morgan fingerprint density at radius 2 is 1.82 bits per heavy atom. The van der Waals surface area contributed by atoms with Crippen LogP contribution in [-0.2, 0) is 0 Å². The van der Waals surface area contributed by atoms with Crippen LogP contribution < -0.4 is 15.4 Å². The highest BCUT2D eigenvalue weighted by molar-refractivity contribution is 5.65. The molecule has 6 heteroatoms. The van der Waals surface area contributed by atoms with E-state index in [0.29, 0.717) is 23.4 Å². The van der Waals surface area contributed by atoms with E-state index in [9.17, 15) is 0 Å². The number of hydrogen-bond donors (Lipinski definition) is 2. The molecule has 4 rings (SSSR count). The van der Waals surface area contributed by atoms with Crippen molar-refractivity contribution >= 4 is 17.3 Å². The monoisotopic (exact) mass is 375 g/mol. The number of aromatic nitrogens is 3. The standard InChI is InChI=1S/C22H25N5O/c1-15(2)24-19-12-20(27-22(26-19)17-6-4-3-5-7-17)25-18-10-11-21(23-13-18)28-14-16-8-9-16/h3-7,10-13,15-16H,8-9,14H2,1-2H3,(H2,24,25,26,27). The Kier molecular flexibility index (Phi) is 5.37. The number of benzene rings is 1. The van der Waals surface area contributed by atoms with Crippen molar-refractivity contribution in [2.24, 2.45) is 5.92 Å². The average Bonchev–Trinajstić information content (AvgIpc) is 3.52. The van der Waals surface area contributed by atoms with E-state index < -0.39 is 0 Å². The van der Waals surface area contributed by atoms with Gasteiger partial charge in [0.25, 0.3) is 0 Å². The molecule has 1 saturated carbocycles. The lowest BCUT2D eigenvalue weighted by Crippen LogP contribution is -2.12. The molecule has 1 aliphatic rings. The molecule has 6 nitrogen and oxygen atoms in total. The highest BCUT2D eigenvalue weighted by Crippen LogP contribution is 2.29. The molecule has 3 aromatic rings. The fourth-order valence-corrected chi connectivity index (χ4v) is 2.77. The van der Waals surface area contributed by atoms with Crippen molar-refractivity contribution in [3.05, 3.63) is 54.7 Å². The van der Waals surface area contributed by atoms with Crippen LogP contribution in [0, 0.1) is 5.92 Å². The smallest absolute Gasteiger partial charge is 0.213 e. The zero-order valence-electron chi connectivity index (χ0n) is 16.2. The van der Waals surface area contributed by atoms with E-state index in [0.717, 1.165) is 23.7 Å². The maximum Gasteiger partial charge on any atom is 0.213 e. The molecule has 0 aliphatic heterocycles. The van der Waals surface area contributed by atoms with Gasteiger partial charge in [0, 0.05) is 23.7 Å². The van der Waals surface area contributed by atoms with Gasteiger partial charge in [0.1, 0.15) is 11.6 Å². The molecule has 0 unspecified atom stereocenters. The van der Waals surface area contributed by atoms with Crippen LogP contribution in [0.3, 0.4) is 0 Å². The van der Waals surface area contributed by atoms with Crippen LogP contribution in [0.2, 0.25) is 0 Å². The van der Waals surface area contributed by atoms with Crippen LogP contribution in [0.15, 0.2) is 54.7 Å². The van der Waals surface area contributed by atoms with Gasteiger partial charge in [-0.2, -0.15) is 0 Å². The first-order chi connectivity index (χ1) is 13.7. The van der Waals surface area contributed by atoms with Crippen LogP contribution >= 0.6 is 0 Å². The number of pyridine rings is 1. The molecule has 0 atom stereocenters. The Morgan fingerprint density at radius 3 is 2.50 bits per heavy atom. The second-order valence-electron chi connectivity index (χ2n) is 7.39. The van der Waals surface area contributed by atoms with E-state index in [-0.39, 0.29) is 6.04 Å². The summed E-state index contributed by atoms with van der Waals surface area (Å²) in [6.45, 7) is 4.93. The molecular formula is C22H25N5O. The van der Waals surface area contributed by atoms with Gasteiger partial charge >= 0.3 is 0 Å². The van der Waals surface area contributed by atoms with Crippen molar-refractivity contribution in [1.29, 1.82) is 0 Å². The highest BCUT2D eigenvalue weighted by Gasteiger charge is 2.22. The molecule has 0 saturated heterocycles. The fourth-order valence-electron chi connectivity index (χ4n) is 2.77. The lowest BCUT2D eigenvalue weighted by Gasteiger charge is -2.13. The predicted molar refractivity (Wildman–Crippen MR) is 112 cm³/mol. The lowest BCUT2D eigenvalue weighted by atomic mass is 10.2. The Balaban J connectivity index is 1.53. The molecular weight excluding hydrogens is 350 g/mol. The van der Waals surface area contributed by atoms with Gasteiger partial charge in [-0.15, -0.1) is 0 Å². The third kappa shape index (κ3) is 4.97. The number of rotatable bonds is 8. The van der Waals surface area contributed by atoms with Gasteiger partial charge < -0.3 is 15.4 Å². The first-order valence-electron chi connectivity index (χ1n) is 9.72. The predicted octanol–water partition coefficient (Wildman–Crippen LogP) is 4.89. The second kappa shape index (κ2) is 8.25. The largest absolute Gasteiger partial charge is 0.477 e. The minimum Gasteiger partial charge on any atom is -0.477 e. The minimum absolute atomic E-state index is 0.274. The number of ether oxygens (including phenoxy) is 1. The fraction of sp³-hybridized carbons (Fsp3) is 0.318. The summed E-state index contributed by atoms with van der Waals surface area (Å²) in [6, 6.07) is 16.0. The zero-order valence-corrected chi connectivity index (χ0v) is 16.2. The molecule has 0 amide bonds. The molecule has 1 aromatic carbocycles. The summed E-state index contributed by atoms with van der Waals surface area (Å²) in [5.74, 6) is 3.54. The third-order valence-corrected chi connectivity index (χ3v) is 4.37. The van der Waals surface area contributed by atoms with Crippen molar-refractivity contribution in [3.8, 4) is 17.3 Å². The van der Waals surface area contributed by atoms with Gasteiger partial charge in [0.05, 0.1) is 18.5 Å². The van der Waals surface area contributed by atoms with E-state index in [1.54, 1.807) is 6.20 Å². The van der Waals surface area contributed by atoms with Crippen molar-refractivity contribution in [2.45, 2.75) is 32.7 Å². The number of hydrogen-bond acceptors (Lipinski definition) is 6. The number of anilines is 3. The maximum atomic E-state index is 5.70. The van der Waals surface area contributed by atoms with Crippen LogP contribution in [0.1, 0.15) is 26.7 Å². The van der Waals surface area contributed by atoms with E-state index in [1.165, 1.54) is 12.8 Å². The molecule has 2 N–H and O–H groups in total. The normalized spacial score (nSPS) is 13.4. The van der Waals surface area contributed by atoms with Crippen molar-refractivity contribution in [2.75, 3.05) is 17.2 Å². The van der Waals surface area contributed by atoms with Gasteiger partial charge in [0.2, 0.25) is 5.88 Å². The Hall–Kier alpha value is -3.15. The Bertz CT molecular complexity index is 908. The van der Waals surface area contributed by atoms with Crippen LogP contribution in [0.5, 0.6) is 5.88 Å². The van der Waals surface area contributed by atoms with E-state index in [4.69, 9.17) is 4.74 Å². The third-order valence-electron chi connectivity index (χ3n) is 4.37. The zero-order chi connectivity index (χ0) is 19.3. The molecule has 28 heavy (non-hydrogen) atoms. The van der Waals surface area contributed by atoms with Gasteiger partial charge in [-0.3, -0.25) is 0 Å². The highest BCUT2D eigenvalue weighted by atomic mass is 16.5. The molecule has 2 aromatic heterocycles. The first-order valence-corrected chi connectivity index (χ1v) is 9.72. The summed E-state index contributed by atoms with van der Waals surface area (Å²) in [7, 11) is 0. The summed E-state index contributed by atoms with van der Waals surface area (Å²) >= 11 is 0. The number of nitrogens with one attached hydrogen (secondary N) is 2. The molecule has 1 aliphatic carbocycles. The second-order valence-corrected chi connectivity index (χ2v) is 7.39. The summed E-state index contributed by atoms with van der Waals surface area (Å²) in [5.41, 5.74) is 1.83. The quantitative estimate of drug-likeness (QED) is 0.584. The van der Waals surface area contributed by atoms with Crippen LogP contribution in [0.25, 0.3) is 11.4 Å². The summed E-state index contributed by atoms with van der Waals surface area (Å²) in [6.07, 6.45) is 4.30. The summed E-state index contributed by atoms with van der Waals surface area (Å²) < 4.78 is 5.70. The van der Waals surface area contributed by atoms with Crippen molar-refractivity contribution in [3.63, 3.8) is 0 Å². The lowest BCUT2D eigenvalue weighted by molar-refractivity contribution is 0.288. The van der Waals surface area contributed by atoms with Gasteiger partial charge in [-0.05, 0) is 38.7 Å². The molecule has 0 bridgehead atoms. The average molecular weight is 375 g/mol. The van der Waals surface area contributed by atoms with Crippen molar-refractivity contribution < 1.29 is 4.74 Å². The summed E-state index contributed by atoms with van der Waals surface area (Å²) in [5, 5.41) is 6.68. The van der Waals surface area contributed by atoms with E-state index >= 15 is 0 Å². The summed E-state index contributed by atoms with van der Waals surface area (Å²) in [4.78, 5) is 13.7. The Labute approximate surface area is 165 Å². The molecule has 0 radical (unpaired) electrons. The molecule has 1 fully saturated rings. The van der Waals surface area contributed by atoms with Gasteiger partial charge in [-0.1, -0.05) is 30.3 Å². The van der Waals surface area contributed by atoms with Gasteiger partial charge in [0.15, 0.2) is 5.82 Å². The molecule has 144 valence electrons. The van der Waals surface area contributed by atoms with Crippen molar-refractivity contribution in [1.82, 2.24) is 15.0 Å². The number of nitrogens with zero attached hydrogens (tertiary/aromatic N) is 3. The Morgan fingerprint density at radius 1 is 1.04 bits per heavy atom. The molecule has 0 spiro atoms. The van der Waals surface area contributed by atoms with E-state index in [1.807, 2.05) is 48.5 Å². The first kappa shape index (κ1) is 18.2. The minimum atomic E-state index is 0.274. The maximum absolute atomic E-state index is 5.70. The van der Waals surface area contributed by atoms with E-state index in [2.05, 4.69) is 39.4 Å². The van der Waals surface area contributed by atoms with Crippen LogP contribution in [-0.4, -0.2) is 27.6 Å². The van der Waals surface area contributed by atoms with Crippen LogP contribution in [0.4, 0.5) is 17.3 Å².